The van der Waals surface area contributed by atoms with Crippen LogP contribution in [-0.2, 0) is 9.84 Å². The number of sulfone groups is 1. The number of hydrogen-bond donors (Lipinski definition) is 0. The van der Waals surface area contributed by atoms with Crippen LogP contribution in [0, 0.1) is 0 Å². The van der Waals surface area contributed by atoms with Gasteiger partial charge in [0.2, 0.25) is 0 Å². The van der Waals surface area contributed by atoms with Gasteiger partial charge in [0.1, 0.15) is 0 Å². The molecule has 0 amide bonds. The first-order chi connectivity index (χ1) is 9.29. The lowest BCUT2D eigenvalue weighted by Gasteiger charge is -2.13. The summed E-state index contributed by atoms with van der Waals surface area (Å²) in [5.41, 5.74) is 1.74. The minimum atomic E-state index is -3.19. The van der Waals surface area contributed by atoms with Crippen LogP contribution >= 0.6 is 39.1 Å². The molecule has 0 radical (unpaired) electrons. The molecule has 6 heteroatoms. The van der Waals surface area contributed by atoms with Gasteiger partial charge in [0.05, 0.1) is 9.72 Å². The van der Waals surface area contributed by atoms with Gasteiger partial charge >= 0.3 is 0 Å². The summed E-state index contributed by atoms with van der Waals surface area (Å²) in [4.78, 5) is 0.139. The predicted molar refractivity (Wildman–Crippen MR) is 86.8 cm³/mol. The van der Waals surface area contributed by atoms with Crippen molar-refractivity contribution in [2.75, 3.05) is 6.26 Å². The van der Waals surface area contributed by atoms with Gasteiger partial charge in [0.15, 0.2) is 9.84 Å². The highest BCUT2D eigenvalue weighted by atomic mass is 79.9. The Morgan fingerprint density at radius 1 is 1.05 bits per heavy atom. The maximum Gasteiger partial charge on any atom is 0.175 e. The van der Waals surface area contributed by atoms with Crippen molar-refractivity contribution >= 4 is 49.0 Å². The van der Waals surface area contributed by atoms with Gasteiger partial charge in [-0.1, -0.05) is 51.3 Å². The molecule has 2 aromatic carbocycles. The number of rotatable bonds is 3. The average molecular weight is 394 g/mol. The Kier molecular flexibility index (Phi) is 4.80. The fraction of sp³-hybridized carbons (Fsp3) is 0.143. The second-order valence-electron chi connectivity index (χ2n) is 4.37. The molecule has 0 saturated carbocycles. The summed E-state index contributed by atoms with van der Waals surface area (Å²) >= 11 is 15.7. The van der Waals surface area contributed by atoms with Crippen LogP contribution in [0.1, 0.15) is 16.0 Å². The van der Waals surface area contributed by atoms with Crippen LogP contribution in [0.5, 0.6) is 0 Å². The van der Waals surface area contributed by atoms with Crippen LogP contribution in [0.15, 0.2) is 47.4 Å². The van der Waals surface area contributed by atoms with E-state index < -0.39 is 9.84 Å². The number of halogens is 3. The summed E-state index contributed by atoms with van der Waals surface area (Å²) < 4.78 is 22.9. The van der Waals surface area contributed by atoms with E-state index in [9.17, 15) is 8.42 Å². The van der Waals surface area contributed by atoms with E-state index >= 15 is 0 Å². The van der Waals surface area contributed by atoms with Gasteiger partial charge in [-0.2, -0.15) is 0 Å². The Balaban J connectivity index is 2.39. The molecule has 2 nitrogen and oxygen atoms in total. The topological polar surface area (TPSA) is 34.1 Å². The Morgan fingerprint density at radius 2 is 1.65 bits per heavy atom. The second-order valence-corrected chi connectivity index (χ2v) is 8.14. The van der Waals surface area contributed by atoms with Crippen LogP contribution in [-0.4, -0.2) is 14.7 Å². The van der Waals surface area contributed by atoms with Crippen LogP contribution < -0.4 is 0 Å². The summed E-state index contributed by atoms with van der Waals surface area (Å²) in [6, 6.07) is 11.9. The van der Waals surface area contributed by atoms with Gasteiger partial charge in [-0.15, -0.1) is 0 Å². The highest BCUT2D eigenvalue weighted by Gasteiger charge is 2.15. The Morgan fingerprint density at radius 3 is 2.20 bits per heavy atom. The molecule has 0 heterocycles. The van der Waals surface area contributed by atoms with Crippen molar-refractivity contribution in [1.29, 1.82) is 0 Å². The van der Waals surface area contributed by atoms with Gasteiger partial charge < -0.3 is 0 Å². The molecule has 0 N–H and O–H groups in total. The molecule has 0 aromatic heterocycles. The maximum atomic E-state index is 11.4. The Bertz CT molecular complexity index is 727. The van der Waals surface area contributed by atoms with Crippen LogP contribution in [0.25, 0.3) is 0 Å². The van der Waals surface area contributed by atoms with Gasteiger partial charge in [-0.05, 0) is 41.5 Å². The first-order valence-electron chi connectivity index (χ1n) is 5.68. The van der Waals surface area contributed by atoms with Crippen LogP contribution in [0.4, 0.5) is 0 Å². The van der Waals surface area contributed by atoms with Crippen molar-refractivity contribution in [2.24, 2.45) is 0 Å². The monoisotopic (exact) mass is 392 g/mol. The van der Waals surface area contributed by atoms with Crippen LogP contribution in [0.3, 0.4) is 0 Å². The van der Waals surface area contributed by atoms with E-state index in [1.54, 1.807) is 42.5 Å². The predicted octanol–water partition coefficient (Wildman–Crippen LogP) is 4.88. The first kappa shape index (κ1) is 15.8. The normalized spacial score (nSPS) is 13.2. The van der Waals surface area contributed by atoms with Crippen LogP contribution in [0.2, 0.25) is 10.0 Å². The molecule has 0 fully saturated rings. The quantitative estimate of drug-likeness (QED) is 0.696. The highest BCUT2D eigenvalue weighted by molar-refractivity contribution is 9.09. The minimum Gasteiger partial charge on any atom is -0.224 e. The maximum absolute atomic E-state index is 11.4. The highest BCUT2D eigenvalue weighted by Crippen LogP contribution is 2.36. The van der Waals surface area contributed by atoms with Gasteiger partial charge in [-0.25, -0.2) is 8.42 Å². The minimum absolute atomic E-state index is 0.151. The van der Waals surface area contributed by atoms with E-state index in [0.717, 1.165) is 11.1 Å². The lowest BCUT2D eigenvalue weighted by atomic mass is 10.0. The molecular weight excluding hydrogens is 383 g/mol. The molecule has 1 atom stereocenters. The molecular formula is C14H11BrCl2O2S. The molecule has 2 rings (SSSR count). The zero-order valence-electron chi connectivity index (χ0n) is 10.5. The average Bonchev–Trinajstić information content (AvgIpc) is 2.40. The number of hydrogen-bond acceptors (Lipinski definition) is 2. The first-order valence-corrected chi connectivity index (χ1v) is 9.24. The third-order valence-electron chi connectivity index (χ3n) is 2.83. The van der Waals surface area contributed by atoms with E-state index in [4.69, 9.17) is 23.2 Å². The zero-order valence-corrected chi connectivity index (χ0v) is 14.4. The molecule has 106 valence electrons. The largest absolute Gasteiger partial charge is 0.224 e. The van der Waals surface area contributed by atoms with E-state index in [2.05, 4.69) is 15.9 Å². The summed E-state index contributed by atoms with van der Waals surface area (Å²) in [5, 5.41) is 1.20. The van der Waals surface area contributed by atoms with Crippen molar-refractivity contribution in [3.8, 4) is 0 Å². The zero-order chi connectivity index (χ0) is 14.9. The molecule has 0 aliphatic heterocycles. The molecule has 1 unspecified atom stereocenters. The van der Waals surface area contributed by atoms with Crippen molar-refractivity contribution in [1.82, 2.24) is 0 Å². The molecule has 2 aromatic rings. The van der Waals surface area contributed by atoms with Gasteiger partial charge in [0.25, 0.3) is 0 Å². The molecule has 0 saturated heterocycles. The summed E-state index contributed by atoms with van der Waals surface area (Å²) in [6.45, 7) is 0. The molecule has 0 aliphatic rings. The lowest BCUT2D eigenvalue weighted by molar-refractivity contribution is 0.602. The van der Waals surface area contributed by atoms with Crippen molar-refractivity contribution < 1.29 is 8.42 Å². The summed E-state index contributed by atoms with van der Waals surface area (Å²) in [7, 11) is -3.19. The number of benzene rings is 2. The molecule has 20 heavy (non-hydrogen) atoms. The second kappa shape index (κ2) is 6.06. The smallest absolute Gasteiger partial charge is 0.175 e. The number of alkyl halides is 1. The SMILES string of the molecule is CS(=O)(=O)c1ccc(C(Br)c2cc(Cl)ccc2Cl)cc1. The fourth-order valence-corrected chi connectivity index (χ4v) is 3.63. The Labute approximate surface area is 136 Å². The van der Waals surface area contributed by atoms with Crippen molar-refractivity contribution in [3.63, 3.8) is 0 Å². The van der Waals surface area contributed by atoms with E-state index in [1.807, 2.05) is 0 Å². The third-order valence-corrected chi connectivity index (χ3v) is 5.56. The Hall–Kier alpha value is -0.550. The van der Waals surface area contributed by atoms with Gasteiger partial charge in [-0.3, -0.25) is 0 Å². The summed E-state index contributed by atoms with van der Waals surface area (Å²) in [5.74, 6) is 0. The van der Waals surface area contributed by atoms with Crippen molar-refractivity contribution in [2.45, 2.75) is 9.72 Å². The van der Waals surface area contributed by atoms with Gasteiger partial charge in [0, 0.05) is 16.3 Å². The van der Waals surface area contributed by atoms with E-state index in [-0.39, 0.29) is 9.72 Å². The van der Waals surface area contributed by atoms with Crippen molar-refractivity contribution in [3.05, 3.63) is 63.6 Å². The van der Waals surface area contributed by atoms with E-state index in [1.165, 1.54) is 6.26 Å². The lowest BCUT2D eigenvalue weighted by Crippen LogP contribution is -1.99. The fourth-order valence-electron chi connectivity index (χ4n) is 1.77. The molecule has 0 spiro atoms. The standard InChI is InChI=1S/C14H11BrCl2O2S/c1-20(18,19)11-5-2-9(3-6-11)14(15)12-8-10(16)4-7-13(12)17/h2-8,14H,1H3. The molecule has 0 aliphatic carbocycles. The van der Waals surface area contributed by atoms with E-state index in [0.29, 0.717) is 10.0 Å². The molecule has 0 bridgehead atoms. The summed E-state index contributed by atoms with van der Waals surface area (Å²) in [6.07, 6.45) is 1.18. The third kappa shape index (κ3) is 3.55.